The Balaban J connectivity index is 1.90. The summed E-state index contributed by atoms with van der Waals surface area (Å²) in [5.74, 6) is 0. The van der Waals surface area contributed by atoms with Crippen LogP contribution < -0.4 is 5.59 Å². The lowest BCUT2D eigenvalue weighted by molar-refractivity contribution is 0.00578. The maximum Gasteiger partial charge on any atom is 0.514 e. The fraction of sp³-hybridized carbons (Fsp3) is 0.333. The third kappa shape index (κ3) is 2.88. The monoisotopic (exact) mass is 306 g/mol. The summed E-state index contributed by atoms with van der Waals surface area (Å²) in [7, 11) is -0.474. The summed E-state index contributed by atoms with van der Waals surface area (Å²) in [6, 6.07) is 13.5. The van der Waals surface area contributed by atoms with Crippen molar-refractivity contribution in [3.8, 4) is 17.2 Å². The number of nitriles is 1. The van der Waals surface area contributed by atoms with E-state index in [1.807, 2.05) is 64.1 Å². The van der Waals surface area contributed by atoms with Crippen LogP contribution in [-0.2, 0) is 9.31 Å². The molecule has 1 aromatic heterocycles. The molecule has 0 radical (unpaired) electrons. The highest BCUT2D eigenvalue weighted by atomic mass is 16.7. The zero-order valence-electron chi connectivity index (χ0n) is 13.8. The highest BCUT2D eigenvalue weighted by Crippen LogP contribution is 2.36. The largest absolute Gasteiger partial charge is 0.514 e. The Bertz CT molecular complexity index is 747. The number of hydrogen-bond acceptors (Lipinski definition) is 4. The van der Waals surface area contributed by atoms with E-state index >= 15 is 0 Å². The maximum absolute atomic E-state index is 8.89. The molecule has 1 aliphatic rings. The number of aromatic nitrogens is 1. The second kappa shape index (κ2) is 5.49. The Hall–Kier alpha value is -2.16. The minimum Gasteiger partial charge on any atom is -0.398 e. The van der Waals surface area contributed by atoms with Crippen LogP contribution in [-0.4, -0.2) is 23.3 Å². The molecule has 1 fully saturated rings. The topological polar surface area (TPSA) is 55.1 Å². The van der Waals surface area contributed by atoms with E-state index in [-0.39, 0.29) is 11.2 Å². The molecule has 0 spiro atoms. The zero-order chi connectivity index (χ0) is 16.7. The standard InChI is InChI=1S/C18H19BN2O2/c1-17(2)18(3,4)23-19(22-17)16-11-15(9-10-21-16)14-7-5-13(12-20)6-8-14/h5-11H,1-4H3. The van der Waals surface area contributed by atoms with Crippen molar-refractivity contribution in [1.82, 2.24) is 4.98 Å². The Morgan fingerprint density at radius 3 is 2.13 bits per heavy atom. The van der Waals surface area contributed by atoms with Crippen molar-refractivity contribution in [1.29, 1.82) is 5.26 Å². The average molecular weight is 306 g/mol. The predicted octanol–water partition coefficient (Wildman–Crippen LogP) is 2.92. The van der Waals surface area contributed by atoms with E-state index in [0.29, 0.717) is 5.56 Å². The summed E-state index contributed by atoms with van der Waals surface area (Å²) in [6.07, 6.45) is 1.76. The van der Waals surface area contributed by atoms with E-state index in [4.69, 9.17) is 14.6 Å². The van der Waals surface area contributed by atoms with E-state index < -0.39 is 7.12 Å². The predicted molar refractivity (Wildman–Crippen MR) is 90.1 cm³/mol. The van der Waals surface area contributed by atoms with Crippen molar-refractivity contribution in [3.63, 3.8) is 0 Å². The Morgan fingerprint density at radius 2 is 1.57 bits per heavy atom. The van der Waals surface area contributed by atoms with Crippen LogP contribution in [0.25, 0.3) is 11.1 Å². The summed E-state index contributed by atoms with van der Waals surface area (Å²) in [5.41, 5.74) is 2.69. The molecule has 23 heavy (non-hydrogen) atoms. The van der Waals surface area contributed by atoms with Gasteiger partial charge in [0.25, 0.3) is 0 Å². The number of hydrogen-bond donors (Lipinski definition) is 0. The summed E-state index contributed by atoms with van der Waals surface area (Å²) in [6.45, 7) is 8.10. The van der Waals surface area contributed by atoms with Crippen molar-refractivity contribution in [2.45, 2.75) is 38.9 Å². The highest BCUT2D eigenvalue weighted by molar-refractivity contribution is 6.61. The van der Waals surface area contributed by atoms with Crippen LogP contribution in [0.4, 0.5) is 0 Å². The molecule has 0 amide bonds. The second-order valence-corrected chi connectivity index (χ2v) is 6.75. The molecular weight excluding hydrogens is 287 g/mol. The zero-order valence-corrected chi connectivity index (χ0v) is 13.8. The molecule has 5 heteroatoms. The molecule has 0 N–H and O–H groups in total. The number of pyridine rings is 1. The van der Waals surface area contributed by atoms with Crippen molar-refractivity contribution in [3.05, 3.63) is 48.2 Å². The van der Waals surface area contributed by atoms with Gasteiger partial charge in [0.15, 0.2) is 0 Å². The van der Waals surface area contributed by atoms with Gasteiger partial charge in [-0.25, -0.2) is 0 Å². The van der Waals surface area contributed by atoms with E-state index in [0.717, 1.165) is 16.7 Å². The minimum atomic E-state index is -0.474. The molecule has 1 aliphatic heterocycles. The van der Waals surface area contributed by atoms with E-state index in [1.165, 1.54) is 0 Å². The number of nitrogens with zero attached hydrogens (tertiary/aromatic N) is 2. The molecule has 4 nitrogen and oxygen atoms in total. The third-order valence-electron chi connectivity index (χ3n) is 4.62. The smallest absolute Gasteiger partial charge is 0.398 e. The second-order valence-electron chi connectivity index (χ2n) is 6.75. The van der Waals surface area contributed by atoms with Crippen LogP contribution in [0.3, 0.4) is 0 Å². The lowest BCUT2D eigenvalue weighted by Crippen LogP contribution is -2.41. The molecule has 2 aromatic rings. The maximum atomic E-state index is 8.89. The van der Waals surface area contributed by atoms with Gasteiger partial charge >= 0.3 is 7.12 Å². The van der Waals surface area contributed by atoms with E-state index in [2.05, 4.69) is 11.1 Å². The van der Waals surface area contributed by atoms with Crippen LogP contribution in [0.15, 0.2) is 42.6 Å². The van der Waals surface area contributed by atoms with Gasteiger partial charge in [-0.05, 0) is 63.1 Å². The summed E-state index contributed by atoms with van der Waals surface area (Å²) < 4.78 is 12.1. The van der Waals surface area contributed by atoms with E-state index in [1.54, 1.807) is 6.20 Å². The molecule has 0 atom stereocenters. The first-order chi connectivity index (χ1) is 10.8. The average Bonchev–Trinajstić information content (AvgIpc) is 2.76. The fourth-order valence-electron chi connectivity index (χ4n) is 2.46. The van der Waals surface area contributed by atoms with Crippen molar-refractivity contribution in [2.75, 3.05) is 0 Å². The number of benzene rings is 1. The highest BCUT2D eigenvalue weighted by Gasteiger charge is 2.52. The Kier molecular flexibility index (Phi) is 3.75. The van der Waals surface area contributed by atoms with Gasteiger partial charge in [0.2, 0.25) is 0 Å². The molecule has 0 unspecified atom stereocenters. The van der Waals surface area contributed by atoms with Gasteiger partial charge in [0, 0.05) is 6.20 Å². The Labute approximate surface area is 137 Å². The lowest BCUT2D eigenvalue weighted by Gasteiger charge is -2.32. The summed E-state index contributed by atoms with van der Waals surface area (Å²) in [4.78, 5) is 4.41. The van der Waals surface area contributed by atoms with Gasteiger partial charge in [0.1, 0.15) is 0 Å². The molecule has 2 heterocycles. The molecule has 0 aliphatic carbocycles. The first-order valence-electron chi connectivity index (χ1n) is 7.64. The van der Waals surface area contributed by atoms with Gasteiger partial charge in [-0.15, -0.1) is 0 Å². The van der Waals surface area contributed by atoms with Crippen LogP contribution >= 0.6 is 0 Å². The minimum absolute atomic E-state index is 0.385. The van der Waals surface area contributed by atoms with Crippen LogP contribution in [0, 0.1) is 11.3 Å². The fourth-order valence-corrected chi connectivity index (χ4v) is 2.46. The van der Waals surface area contributed by atoms with Gasteiger partial charge in [0.05, 0.1) is 28.4 Å². The van der Waals surface area contributed by atoms with Crippen LogP contribution in [0.1, 0.15) is 33.3 Å². The first-order valence-corrected chi connectivity index (χ1v) is 7.64. The number of rotatable bonds is 2. The molecule has 0 saturated carbocycles. The molecule has 3 rings (SSSR count). The van der Waals surface area contributed by atoms with Crippen LogP contribution in [0.5, 0.6) is 0 Å². The van der Waals surface area contributed by atoms with Crippen molar-refractivity contribution in [2.24, 2.45) is 0 Å². The molecule has 116 valence electrons. The quantitative estimate of drug-likeness (QED) is 0.801. The van der Waals surface area contributed by atoms with Gasteiger partial charge in [-0.2, -0.15) is 5.26 Å². The summed E-state index contributed by atoms with van der Waals surface area (Å²) >= 11 is 0. The molecule has 0 bridgehead atoms. The molecular formula is C18H19BN2O2. The van der Waals surface area contributed by atoms with Crippen molar-refractivity contribution < 1.29 is 9.31 Å². The van der Waals surface area contributed by atoms with Crippen molar-refractivity contribution >= 4 is 12.7 Å². The molecule has 1 saturated heterocycles. The van der Waals surface area contributed by atoms with Gasteiger partial charge in [-0.1, -0.05) is 12.1 Å². The normalized spacial score (nSPS) is 18.7. The van der Waals surface area contributed by atoms with Crippen LogP contribution in [0.2, 0.25) is 0 Å². The van der Waals surface area contributed by atoms with Gasteiger partial charge < -0.3 is 9.31 Å². The first kappa shape index (κ1) is 15.7. The third-order valence-corrected chi connectivity index (χ3v) is 4.62. The lowest BCUT2D eigenvalue weighted by atomic mass is 9.83. The molecule has 1 aromatic carbocycles. The van der Waals surface area contributed by atoms with Gasteiger partial charge in [-0.3, -0.25) is 4.98 Å². The SMILES string of the molecule is CC1(C)OB(c2cc(-c3ccc(C#N)cc3)ccn2)OC1(C)C. The van der Waals surface area contributed by atoms with E-state index in [9.17, 15) is 0 Å². The summed E-state index contributed by atoms with van der Waals surface area (Å²) in [5, 5.41) is 8.89. The Morgan fingerprint density at radius 1 is 0.957 bits per heavy atom.